The summed E-state index contributed by atoms with van der Waals surface area (Å²) in [4.78, 5) is 0. The van der Waals surface area contributed by atoms with Crippen LogP contribution < -0.4 is 5.32 Å². The lowest BCUT2D eigenvalue weighted by Gasteiger charge is -2.12. The molecule has 0 fully saturated rings. The zero-order valence-corrected chi connectivity index (χ0v) is 11.5. The largest absolute Gasteiger partial charge is 0.327 e. The second kappa shape index (κ2) is 4.56. The standard InChI is InChI=1S/C16H16F2N2/c1-16(17,18)11-7-8-13-12-5-3-4-6-14(12)20(10-19-2)15(13)9-11/h3-9,19H,10H2,1-2H3. The SMILES string of the molecule is CNCn1c2ccccc2c2ccc(C(C)(F)F)cc21. The number of halogens is 2. The molecule has 0 aliphatic carbocycles. The third-order valence-electron chi connectivity index (χ3n) is 3.60. The van der Waals surface area contributed by atoms with Crippen molar-refractivity contribution in [2.75, 3.05) is 7.05 Å². The summed E-state index contributed by atoms with van der Waals surface area (Å²) in [6.45, 7) is 1.52. The van der Waals surface area contributed by atoms with Crippen molar-refractivity contribution >= 4 is 21.8 Å². The summed E-state index contributed by atoms with van der Waals surface area (Å²) in [5, 5.41) is 5.18. The highest BCUT2D eigenvalue weighted by Crippen LogP contribution is 2.34. The molecule has 1 N–H and O–H groups in total. The van der Waals surface area contributed by atoms with Gasteiger partial charge in [0.05, 0.1) is 17.7 Å². The molecule has 20 heavy (non-hydrogen) atoms. The highest BCUT2D eigenvalue weighted by Gasteiger charge is 2.25. The Balaban J connectivity index is 2.38. The van der Waals surface area contributed by atoms with Gasteiger partial charge in [-0.2, -0.15) is 0 Å². The zero-order chi connectivity index (χ0) is 14.3. The van der Waals surface area contributed by atoms with E-state index in [4.69, 9.17) is 0 Å². The first-order valence-corrected chi connectivity index (χ1v) is 6.56. The van der Waals surface area contributed by atoms with E-state index in [0.29, 0.717) is 6.67 Å². The van der Waals surface area contributed by atoms with E-state index in [2.05, 4.69) is 5.32 Å². The Morgan fingerprint density at radius 3 is 2.45 bits per heavy atom. The number of rotatable bonds is 3. The fourth-order valence-corrected chi connectivity index (χ4v) is 2.65. The molecule has 1 heterocycles. The fourth-order valence-electron chi connectivity index (χ4n) is 2.65. The van der Waals surface area contributed by atoms with Crippen LogP contribution in [0.15, 0.2) is 42.5 Å². The molecular formula is C16H16F2N2. The van der Waals surface area contributed by atoms with E-state index in [-0.39, 0.29) is 5.56 Å². The summed E-state index contributed by atoms with van der Waals surface area (Å²) in [5.74, 6) is -2.82. The van der Waals surface area contributed by atoms with Gasteiger partial charge in [-0.25, -0.2) is 8.78 Å². The van der Waals surface area contributed by atoms with E-state index in [1.165, 1.54) is 6.07 Å². The van der Waals surface area contributed by atoms with Crippen LogP contribution in [0.4, 0.5) is 8.78 Å². The van der Waals surface area contributed by atoms with Crippen molar-refractivity contribution in [3.8, 4) is 0 Å². The number of nitrogens with one attached hydrogen (secondary N) is 1. The molecule has 0 saturated carbocycles. The maximum Gasteiger partial charge on any atom is 0.270 e. The first-order valence-electron chi connectivity index (χ1n) is 6.56. The minimum atomic E-state index is -2.82. The fraction of sp³-hybridized carbons (Fsp3) is 0.250. The monoisotopic (exact) mass is 274 g/mol. The van der Waals surface area contributed by atoms with Gasteiger partial charge in [-0.1, -0.05) is 30.3 Å². The van der Waals surface area contributed by atoms with Crippen molar-refractivity contribution in [1.82, 2.24) is 9.88 Å². The number of alkyl halides is 2. The third-order valence-corrected chi connectivity index (χ3v) is 3.60. The Kier molecular flexibility index (Phi) is 2.98. The lowest BCUT2D eigenvalue weighted by atomic mass is 10.1. The van der Waals surface area contributed by atoms with Gasteiger partial charge in [0.1, 0.15) is 0 Å². The summed E-state index contributed by atoms with van der Waals surface area (Å²) in [5.41, 5.74) is 1.93. The summed E-state index contributed by atoms with van der Waals surface area (Å²) in [6.07, 6.45) is 0. The molecule has 0 radical (unpaired) electrons. The number of benzene rings is 2. The molecule has 104 valence electrons. The van der Waals surface area contributed by atoms with Gasteiger partial charge < -0.3 is 9.88 Å². The summed E-state index contributed by atoms with van der Waals surface area (Å²) in [7, 11) is 1.85. The van der Waals surface area contributed by atoms with Gasteiger partial charge in [-0.05, 0) is 19.2 Å². The second-order valence-corrected chi connectivity index (χ2v) is 5.08. The van der Waals surface area contributed by atoms with Crippen molar-refractivity contribution in [3.05, 3.63) is 48.0 Å². The van der Waals surface area contributed by atoms with Gasteiger partial charge in [0.15, 0.2) is 0 Å². The van der Waals surface area contributed by atoms with E-state index in [0.717, 1.165) is 28.7 Å². The molecule has 1 aromatic heterocycles. The number of para-hydroxylation sites is 1. The van der Waals surface area contributed by atoms with Gasteiger partial charge in [0, 0.05) is 23.3 Å². The van der Waals surface area contributed by atoms with Crippen molar-refractivity contribution in [2.45, 2.75) is 19.5 Å². The van der Waals surface area contributed by atoms with Crippen molar-refractivity contribution < 1.29 is 8.78 Å². The third kappa shape index (κ3) is 1.96. The Morgan fingerprint density at radius 2 is 1.75 bits per heavy atom. The normalized spacial score (nSPS) is 12.4. The molecule has 0 aliphatic rings. The number of nitrogens with zero attached hydrogens (tertiary/aromatic N) is 1. The van der Waals surface area contributed by atoms with Gasteiger partial charge in [0.2, 0.25) is 0 Å². The molecule has 0 atom stereocenters. The Morgan fingerprint density at radius 1 is 1.05 bits per heavy atom. The second-order valence-electron chi connectivity index (χ2n) is 5.08. The quantitative estimate of drug-likeness (QED) is 0.761. The molecule has 4 heteroatoms. The molecule has 2 aromatic carbocycles. The van der Waals surface area contributed by atoms with Gasteiger partial charge in [-0.3, -0.25) is 0 Å². The first kappa shape index (κ1) is 13.1. The molecule has 0 unspecified atom stereocenters. The van der Waals surface area contributed by atoms with Crippen LogP contribution in [0, 0.1) is 0 Å². The van der Waals surface area contributed by atoms with Crippen molar-refractivity contribution in [3.63, 3.8) is 0 Å². The van der Waals surface area contributed by atoms with E-state index in [1.807, 2.05) is 35.9 Å². The highest BCUT2D eigenvalue weighted by molar-refractivity contribution is 6.08. The lowest BCUT2D eigenvalue weighted by molar-refractivity contribution is 0.0176. The van der Waals surface area contributed by atoms with E-state index in [1.54, 1.807) is 12.1 Å². The van der Waals surface area contributed by atoms with Gasteiger partial charge in [0.25, 0.3) is 5.92 Å². The molecule has 2 nitrogen and oxygen atoms in total. The Labute approximate surface area is 116 Å². The van der Waals surface area contributed by atoms with Crippen LogP contribution in [0.1, 0.15) is 12.5 Å². The van der Waals surface area contributed by atoms with Gasteiger partial charge >= 0.3 is 0 Å². The number of hydrogen-bond acceptors (Lipinski definition) is 1. The Bertz CT molecular complexity index is 769. The maximum atomic E-state index is 13.5. The molecule has 0 aliphatic heterocycles. The number of fused-ring (bicyclic) bond motifs is 3. The lowest BCUT2D eigenvalue weighted by Crippen LogP contribution is -2.13. The van der Waals surface area contributed by atoms with Crippen LogP contribution in [0.2, 0.25) is 0 Å². The summed E-state index contributed by atoms with van der Waals surface area (Å²) >= 11 is 0. The molecular weight excluding hydrogens is 258 g/mol. The average Bonchev–Trinajstić information content (AvgIpc) is 2.73. The number of aromatic nitrogens is 1. The summed E-state index contributed by atoms with van der Waals surface area (Å²) < 4.78 is 29.1. The maximum absolute atomic E-state index is 13.5. The van der Waals surface area contributed by atoms with Crippen LogP contribution in [0.25, 0.3) is 21.8 Å². The van der Waals surface area contributed by atoms with Crippen LogP contribution in [0.3, 0.4) is 0 Å². The molecule has 3 rings (SSSR count). The van der Waals surface area contributed by atoms with Crippen molar-refractivity contribution in [2.24, 2.45) is 0 Å². The van der Waals surface area contributed by atoms with Crippen LogP contribution in [-0.2, 0) is 12.6 Å². The predicted molar refractivity (Wildman–Crippen MR) is 78.1 cm³/mol. The molecule has 3 aromatic rings. The Hall–Kier alpha value is -1.94. The number of hydrogen-bond donors (Lipinski definition) is 1. The van der Waals surface area contributed by atoms with Crippen LogP contribution in [0.5, 0.6) is 0 Å². The summed E-state index contributed by atoms with van der Waals surface area (Å²) in [6, 6.07) is 12.8. The molecule has 0 bridgehead atoms. The van der Waals surface area contributed by atoms with Crippen LogP contribution in [-0.4, -0.2) is 11.6 Å². The minimum Gasteiger partial charge on any atom is -0.327 e. The molecule has 0 saturated heterocycles. The van der Waals surface area contributed by atoms with E-state index < -0.39 is 5.92 Å². The smallest absolute Gasteiger partial charge is 0.270 e. The zero-order valence-electron chi connectivity index (χ0n) is 11.5. The van der Waals surface area contributed by atoms with Crippen LogP contribution >= 0.6 is 0 Å². The molecule has 0 spiro atoms. The first-order chi connectivity index (χ1) is 9.52. The topological polar surface area (TPSA) is 17.0 Å². The highest BCUT2D eigenvalue weighted by atomic mass is 19.3. The van der Waals surface area contributed by atoms with E-state index >= 15 is 0 Å². The minimum absolute atomic E-state index is 0.0464. The van der Waals surface area contributed by atoms with E-state index in [9.17, 15) is 8.78 Å². The van der Waals surface area contributed by atoms with Crippen molar-refractivity contribution in [1.29, 1.82) is 0 Å². The van der Waals surface area contributed by atoms with Gasteiger partial charge in [-0.15, -0.1) is 0 Å². The molecule has 0 amide bonds. The average molecular weight is 274 g/mol. The predicted octanol–water partition coefficient (Wildman–Crippen LogP) is 4.08.